The van der Waals surface area contributed by atoms with Crippen LogP contribution in [-0.2, 0) is 0 Å². The van der Waals surface area contributed by atoms with Crippen LogP contribution in [0.25, 0.3) is 5.70 Å². The molecule has 2 aromatic heterocycles. The topological polar surface area (TPSA) is 46.0 Å². The molecule has 1 aliphatic rings. The molecule has 116 valence electrons. The van der Waals surface area contributed by atoms with Crippen LogP contribution in [0.3, 0.4) is 0 Å². The Bertz CT molecular complexity index is 830. The zero-order chi connectivity index (χ0) is 15.8. The summed E-state index contributed by atoms with van der Waals surface area (Å²) in [6.07, 6.45) is 3.80. The number of hydrogen-bond donors (Lipinski definition) is 1. The smallest absolute Gasteiger partial charge is 0.226 e. The average Bonchev–Trinajstić information content (AvgIpc) is 3.25. The molecule has 1 aliphatic heterocycles. The lowest BCUT2D eigenvalue weighted by Crippen LogP contribution is -2.19. The lowest BCUT2D eigenvalue weighted by Gasteiger charge is -2.23. The molecule has 0 radical (unpaired) electrons. The van der Waals surface area contributed by atoms with Crippen LogP contribution in [0.2, 0.25) is 0 Å². The minimum atomic E-state index is 0.0808. The molecule has 0 spiro atoms. The number of nitrogens with zero attached hydrogens (tertiary/aromatic N) is 4. The quantitative estimate of drug-likeness (QED) is 0.802. The SMILES string of the molecule is CN(C)c1ccc(C2=CC(c3cccs3)n3ncnc3N2)cc1. The van der Waals surface area contributed by atoms with E-state index in [1.165, 1.54) is 10.6 Å². The monoisotopic (exact) mass is 323 g/mol. The van der Waals surface area contributed by atoms with E-state index < -0.39 is 0 Å². The molecular formula is C17H17N5S. The first-order valence-corrected chi connectivity index (χ1v) is 8.30. The van der Waals surface area contributed by atoms with Crippen LogP contribution in [0, 0.1) is 0 Å². The third-order valence-electron chi connectivity index (χ3n) is 3.94. The zero-order valence-corrected chi connectivity index (χ0v) is 13.8. The van der Waals surface area contributed by atoms with Crippen LogP contribution in [0.15, 0.2) is 54.2 Å². The summed E-state index contributed by atoms with van der Waals surface area (Å²) >= 11 is 1.73. The van der Waals surface area contributed by atoms with Gasteiger partial charge < -0.3 is 10.2 Å². The number of thiophene rings is 1. The van der Waals surface area contributed by atoms with Gasteiger partial charge in [-0.15, -0.1) is 11.3 Å². The van der Waals surface area contributed by atoms with Crippen molar-refractivity contribution in [2.24, 2.45) is 0 Å². The number of hydrogen-bond acceptors (Lipinski definition) is 5. The van der Waals surface area contributed by atoms with Crippen molar-refractivity contribution in [1.29, 1.82) is 0 Å². The zero-order valence-electron chi connectivity index (χ0n) is 13.0. The molecule has 0 bridgehead atoms. The highest BCUT2D eigenvalue weighted by molar-refractivity contribution is 7.10. The van der Waals surface area contributed by atoms with E-state index in [2.05, 4.69) is 68.2 Å². The molecule has 0 amide bonds. The van der Waals surface area contributed by atoms with Crippen LogP contribution >= 0.6 is 11.3 Å². The summed E-state index contributed by atoms with van der Waals surface area (Å²) in [6.45, 7) is 0. The summed E-state index contributed by atoms with van der Waals surface area (Å²) < 4.78 is 1.92. The molecule has 1 atom stereocenters. The normalized spacial score (nSPS) is 16.4. The summed E-state index contributed by atoms with van der Waals surface area (Å²) in [5, 5.41) is 9.82. The lowest BCUT2D eigenvalue weighted by molar-refractivity contribution is 0.620. The number of aromatic nitrogens is 3. The van der Waals surface area contributed by atoms with Crippen LogP contribution in [0.4, 0.5) is 11.6 Å². The first-order valence-electron chi connectivity index (χ1n) is 7.42. The molecule has 1 unspecified atom stereocenters. The molecule has 0 fully saturated rings. The van der Waals surface area contributed by atoms with Crippen LogP contribution in [0.5, 0.6) is 0 Å². The van der Waals surface area contributed by atoms with Crippen LogP contribution in [0.1, 0.15) is 16.5 Å². The molecule has 23 heavy (non-hydrogen) atoms. The average molecular weight is 323 g/mol. The standard InChI is InChI=1S/C17H17N5S/c1-21(2)13-7-5-12(6-8-13)14-10-15(16-4-3-9-23-16)22-17(20-14)18-11-19-22/h3-11,15H,1-2H3,(H,18,19,20). The van der Waals surface area contributed by atoms with E-state index in [1.807, 2.05) is 18.8 Å². The molecule has 1 aromatic carbocycles. The van der Waals surface area contributed by atoms with Crippen molar-refractivity contribution in [2.45, 2.75) is 6.04 Å². The van der Waals surface area contributed by atoms with Gasteiger partial charge in [0.1, 0.15) is 12.4 Å². The van der Waals surface area contributed by atoms with E-state index >= 15 is 0 Å². The Morgan fingerprint density at radius 2 is 2.00 bits per heavy atom. The van der Waals surface area contributed by atoms with Gasteiger partial charge >= 0.3 is 0 Å². The highest BCUT2D eigenvalue weighted by atomic mass is 32.1. The van der Waals surface area contributed by atoms with Crippen molar-refractivity contribution in [1.82, 2.24) is 14.8 Å². The second kappa shape index (κ2) is 5.55. The maximum atomic E-state index is 4.36. The second-order valence-electron chi connectivity index (χ2n) is 5.64. The van der Waals surface area contributed by atoms with E-state index in [0.29, 0.717) is 0 Å². The number of rotatable bonds is 3. The summed E-state index contributed by atoms with van der Waals surface area (Å²) in [4.78, 5) is 7.68. The number of anilines is 2. The Balaban J connectivity index is 1.74. The van der Waals surface area contributed by atoms with Gasteiger partial charge in [0.2, 0.25) is 5.95 Å². The molecule has 0 saturated carbocycles. The fraction of sp³-hybridized carbons (Fsp3) is 0.176. The molecule has 0 saturated heterocycles. The van der Waals surface area contributed by atoms with Gasteiger partial charge in [0, 0.05) is 30.4 Å². The number of nitrogens with one attached hydrogen (secondary N) is 1. The highest BCUT2D eigenvalue weighted by Crippen LogP contribution is 2.34. The third-order valence-corrected chi connectivity index (χ3v) is 4.88. The lowest BCUT2D eigenvalue weighted by atomic mass is 10.1. The van der Waals surface area contributed by atoms with Crippen LogP contribution in [-0.4, -0.2) is 28.9 Å². The summed E-state index contributed by atoms with van der Waals surface area (Å²) in [6, 6.07) is 12.8. The minimum absolute atomic E-state index is 0.0808. The summed E-state index contributed by atoms with van der Waals surface area (Å²) in [7, 11) is 4.09. The maximum Gasteiger partial charge on any atom is 0.226 e. The number of allylic oxidation sites excluding steroid dienone is 1. The van der Waals surface area contributed by atoms with E-state index in [1.54, 1.807) is 17.7 Å². The van der Waals surface area contributed by atoms with Crippen molar-refractivity contribution < 1.29 is 0 Å². The predicted molar refractivity (Wildman–Crippen MR) is 94.8 cm³/mol. The molecule has 6 heteroatoms. The summed E-state index contributed by atoms with van der Waals surface area (Å²) in [5.41, 5.74) is 3.39. The molecular weight excluding hydrogens is 306 g/mol. The minimum Gasteiger partial charge on any atom is -0.378 e. The van der Waals surface area contributed by atoms with Crippen LogP contribution < -0.4 is 10.2 Å². The Labute approximate surface area is 138 Å². The predicted octanol–water partition coefficient (Wildman–Crippen LogP) is 3.46. The van der Waals surface area contributed by atoms with Crippen molar-refractivity contribution in [2.75, 3.05) is 24.3 Å². The highest BCUT2D eigenvalue weighted by Gasteiger charge is 2.23. The Morgan fingerprint density at radius 3 is 2.70 bits per heavy atom. The third kappa shape index (κ3) is 2.51. The number of fused-ring (bicyclic) bond motifs is 1. The van der Waals surface area contributed by atoms with Gasteiger partial charge in [0.05, 0.1) is 0 Å². The fourth-order valence-electron chi connectivity index (χ4n) is 2.70. The molecule has 5 nitrogen and oxygen atoms in total. The molecule has 3 heterocycles. The molecule has 0 aliphatic carbocycles. The number of benzene rings is 1. The van der Waals surface area contributed by atoms with Gasteiger partial charge in [-0.25, -0.2) is 4.68 Å². The van der Waals surface area contributed by atoms with Gasteiger partial charge in [-0.1, -0.05) is 18.2 Å². The van der Waals surface area contributed by atoms with Gasteiger partial charge in [0.25, 0.3) is 0 Å². The Morgan fingerprint density at radius 1 is 1.17 bits per heavy atom. The van der Waals surface area contributed by atoms with E-state index in [0.717, 1.165) is 17.2 Å². The fourth-order valence-corrected chi connectivity index (χ4v) is 3.48. The second-order valence-corrected chi connectivity index (χ2v) is 6.61. The Kier molecular flexibility index (Phi) is 3.38. The van der Waals surface area contributed by atoms with Gasteiger partial charge in [-0.05, 0) is 35.2 Å². The first-order chi connectivity index (χ1) is 11.2. The maximum absolute atomic E-state index is 4.36. The molecule has 3 aromatic rings. The Hall–Kier alpha value is -2.60. The first kappa shape index (κ1) is 14.0. The molecule has 1 N–H and O–H groups in total. The largest absolute Gasteiger partial charge is 0.378 e. The van der Waals surface area contributed by atoms with Crippen molar-refractivity contribution in [3.63, 3.8) is 0 Å². The van der Waals surface area contributed by atoms with E-state index in [-0.39, 0.29) is 6.04 Å². The van der Waals surface area contributed by atoms with Crippen molar-refractivity contribution in [3.8, 4) is 0 Å². The van der Waals surface area contributed by atoms with Gasteiger partial charge in [-0.3, -0.25) is 0 Å². The van der Waals surface area contributed by atoms with Crippen molar-refractivity contribution >= 4 is 28.7 Å². The molecule has 4 rings (SSSR count). The van der Waals surface area contributed by atoms with E-state index in [4.69, 9.17) is 0 Å². The van der Waals surface area contributed by atoms with Crippen molar-refractivity contribution in [3.05, 3.63) is 64.6 Å². The van der Waals surface area contributed by atoms with Gasteiger partial charge in [-0.2, -0.15) is 10.1 Å². The summed E-state index contributed by atoms with van der Waals surface area (Å²) in [5.74, 6) is 0.776. The van der Waals surface area contributed by atoms with E-state index in [9.17, 15) is 0 Å². The van der Waals surface area contributed by atoms with Gasteiger partial charge in [0.15, 0.2) is 0 Å².